The fourth-order valence-corrected chi connectivity index (χ4v) is 17.3. The molecule has 0 unspecified atom stereocenters. The molecule has 244 valence electrons. The van der Waals surface area contributed by atoms with Gasteiger partial charge in [0, 0.05) is 29.5 Å². The highest BCUT2D eigenvalue weighted by Gasteiger charge is 2.47. The van der Waals surface area contributed by atoms with Crippen molar-refractivity contribution in [2.75, 3.05) is 0 Å². The molecule has 0 fully saturated rings. The third kappa shape index (κ3) is 4.37. The number of rotatable bonds is 5. The van der Waals surface area contributed by atoms with E-state index in [-0.39, 0.29) is 0 Å². The second kappa shape index (κ2) is 11.5. The van der Waals surface area contributed by atoms with Crippen molar-refractivity contribution in [2.45, 2.75) is 22.7 Å². The first kappa shape index (κ1) is 24.6. The largest absolute Gasteiger partial charge is 0.276 e. The number of hydrogen-bond donors (Lipinski definition) is 0. The van der Waals surface area contributed by atoms with Crippen LogP contribution in [0.15, 0.2) is 174 Å². The van der Waals surface area contributed by atoms with Crippen molar-refractivity contribution in [3.63, 3.8) is 0 Å². The topological polar surface area (TPSA) is 48.0 Å². The Bertz CT molecular complexity index is 2950. The Morgan fingerprint density at radius 3 is 2.02 bits per heavy atom. The standard InChI is InChI=1S/C43H33N5SSi2/c1-50(2)37-25-14-13-24-36(37)49-41-38(50)26-15-27-39(41)51(30-16-5-3-6-17-30,31-18-7-4-8-19-31)40-28-29-44-42(46-40)48-35-23-12-11-22-34(35)47-33-21-10-9-20-32(33)45-43(47)48/h3-29H,1-2H3/i1D3,2D3. The zero-order chi connectivity index (χ0) is 39.2. The van der Waals surface area contributed by atoms with Gasteiger partial charge in [0.2, 0.25) is 19.8 Å². The van der Waals surface area contributed by atoms with E-state index in [1.807, 2.05) is 102 Å². The summed E-state index contributed by atoms with van der Waals surface area (Å²) in [6.45, 7) is -5.58. The number of hydrogen-bond acceptors (Lipinski definition) is 4. The molecule has 6 aromatic carbocycles. The number of fused-ring (bicyclic) bond motifs is 7. The molecular formula is C43H33N5SSi2. The van der Waals surface area contributed by atoms with E-state index in [1.54, 1.807) is 24.4 Å². The maximum atomic E-state index is 9.10. The molecule has 8 heteroatoms. The van der Waals surface area contributed by atoms with Crippen molar-refractivity contribution in [3.05, 3.63) is 164 Å². The summed E-state index contributed by atoms with van der Waals surface area (Å²) in [6, 6.07) is 51.5. The predicted molar refractivity (Wildman–Crippen MR) is 216 cm³/mol. The minimum atomic E-state index is -4.52. The summed E-state index contributed by atoms with van der Waals surface area (Å²) in [5.74, 6) is 1.12. The normalized spacial score (nSPS) is 16.0. The summed E-state index contributed by atoms with van der Waals surface area (Å²) in [5.41, 5.74) is 3.68. The summed E-state index contributed by atoms with van der Waals surface area (Å²) >= 11 is 1.47. The van der Waals surface area contributed by atoms with E-state index in [4.69, 9.17) is 23.2 Å². The highest BCUT2D eigenvalue weighted by atomic mass is 32.2. The molecule has 0 spiro atoms. The van der Waals surface area contributed by atoms with E-state index < -0.39 is 29.1 Å². The fraction of sp³-hybridized carbons (Fsp3) is 0.0465. The van der Waals surface area contributed by atoms with Crippen LogP contribution in [0.25, 0.3) is 33.8 Å². The Labute approximate surface area is 310 Å². The number of imidazole rings is 2. The molecule has 4 heterocycles. The van der Waals surface area contributed by atoms with Crippen LogP contribution in [0.2, 0.25) is 13.0 Å². The lowest BCUT2D eigenvalue weighted by molar-refractivity contribution is 0.975. The van der Waals surface area contributed by atoms with Crippen LogP contribution in [0.4, 0.5) is 0 Å². The van der Waals surface area contributed by atoms with Gasteiger partial charge in [0.1, 0.15) is 8.07 Å². The Hall–Kier alpha value is -5.55. The van der Waals surface area contributed by atoms with Gasteiger partial charge in [-0.2, -0.15) is 0 Å². The van der Waals surface area contributed by atoms with Crippen molar-refractivity contribution < 1.29 is 8.22 Å². The summed E-state index contributed by atoms with van der Waals surface area (Å²) < 4.78 is 58.7. The fourth-order valence-electron chi connectivity index (χ4n) is 7.86. The molecule has 0 atom stereocenters. The molecule has 51 heavy (non-hydrogen) atoms. The highest BCUT2D eigenvalue weighted by molar-refractivity contribution is 8.00. The van der Waals surface area contributed by atoms with E-state index in [0.717, 1.165) is 42.9 Å². The van der Waals surface area contributed by atoms with E-state index >= 15 is 0 Å². The predicted octanol–water partition coefficient (Wildman–Crippen LogP) is 5.89. The smallest absolute Gasteiger partial charge is 0.236 e. The number of benzene rings is 6. The number of aromatic nitrogens is 5. The van der Waals surface area contributed by atoms with Gasteiger partial charge in [-0.1, -0.05) is 146 Å². The molecule has 0 N–H and O–H groups in total. The lowest BCUT2D eigenvalue weighted by atomic mass is 10.3. The van der Waals surface area contributed by atoms with Crippen LogP contribution in [0.5, 0.6) is 0 Å². The van der Waals surface area contributed by atoms with E-state index in [0.29, 0.717) is 31.9 Å². The molecular weight excluding hydrogens is 675 g/mol. The summed E-state index contributed by atoms with van der Waals surface area (Å²) in [4.78, 5) is 16.9. The molecule has 5 nitrogen and oxygen atoms in total. The molecule has 1 aliphatic heterocycles. The lowest BCUT2D eigenvalue weighted by Gasteiger charge is -2.39. The summed E-state index contributed by atoms with van der Waals surface area (Å²) in [5, 5.41) is 4.49. The van der Waals surface area contributed by atoms with Crippen LogP contribution in [0.3, 0.4) is 0 Å². The van der Waals surface area contributed by atoms with Crippen molar-refractivity contribution in [1.82, 2.24) is 23.9 Å². The second-order valence-corrected chi connectivity index (χ2v) is 20.1. The third-order valence-electron chi connectivity index (χ3n) is 10.1. The maximum Gasteiger partial charge on any atom is 0.236 e. The van der Waals surface area contributed by atoms with E-state index in [1.165, 1.54) is 11.8 Å². The minimum Gasteiger partial charge on any atom is -0.276 e. The second-order valence-electron chi connectivity index (χ2n) is 12.8. The van der Waals surface area contributed by atoms with Gasteiger partial charge in [0.25, 0.3) is 0 Å². The van der Waals surface area contributed by atoms with Crippen LogP contribution < -0.4 is 31.3 Å². The van der Waals surface area contributed by atoms with Crippen molar-refractivity contribution in [1.29, 1.82) is 0 Å². The SMILES string of the molecule is [2H]C([2H])([2H])[Si]1(C([2H])([2H])[2H])c2ccccc2Sc2c([Si](c3ccccc3)(c3ccccc3)c3ccnc(-n4c5ccccc5n5c6ccccc6nc45)n3)cccc21. The first-order valence-electron chi connectivity index (χ1n) is 19.8. The quantitative estimate of drug-likeness (QED) is 0.165. The number of para-hydroxylation sites is 4. The lowest BCUT2D eigenvalue weighted by Crippen LogP contribution is -2.77. The number of nitrogens with zero attached hydrogens (tertiary/aromatic N) is 5. The minimum absolute atomic E-state index is 0.406. The van der Waals surface area contributed by atoms with Crippen molar-refractivity contribution in [3.8, 4) is 5.95 Å². The monoisotopic (exact) mass is 713 g/mol. The maximum absolute atomic E-state index is 9.10. The first-order chi connectivity index (χ1) is 27.6. The Morgan fingerprint density at radius 1 is 0.608 bits per heavy atom. The molecule has 0 bridgehead atoms. The van der Waals surface area contributed by atoms with Gasteiger partial charge in [-0.15, -0.1) is 0 Å². The molecule has 10 rings (SSSR count). The van der Waals surface area contributed by atoms with Crippen LogP contribution in [-0.4, -0.2) is 40.1 Å². The van der Waals surface area contributed by atoms with Crippen LogP contribution in [-0.2, 0) is 0 Å². The van der Waals surface area contributed by atoms with E-state index in [2.05, 4.69) is 46.9 Å². The van der Waals surface area contributed by atoms with E-state index in [9.17, 15) is 0 Å². The van der Waals surface area contributed by atoms with Crippen molar-refractivity contribution >= 4 is 87.0 Å². The molecule has 0 amide bonds. The molecule has 3 aromatic heterocycles. The average Bonchev–Trinajstić information content (AvgIpc) is 3.75. The van der Waals surface area contributed by atoms with Crippen molar-refractivity contribution in [2.24, 2.45) is 0 Å². The van der Waals surface area contributed by atoms with Gasteiger partial charge in [0.05, 0.1) is 22.1 Å². The van der Waals surface area contributed by atoms with Crippen LogP contribution in [0, 0.1) is 0 Å². The summed E-state index contributed by atoms with van der Waals surface area (Å²) in [7, 11) is -8.07. The Balaban J connectivity index is 1.34. The van der Waals surface area contributed by atoms with Gasteiger partial charge >= 0.3 is 0 Å². The molecule has 9 aromatic rings. The zero-order valence-electron chi connectivity index (χ0n) is 33.2. The Morgan fingerprint density at radius 2 is 1.25 bits per heavy atom. The average molecular weight is 714 g/mol. The van der Waals surface area contributed by atoms with Crippen LogP contribution in [0.1, 0.15) is 8.22 Å². The van der Waals surface area contributed by atoms with Gasteiger partial charge in [-0.05, 0) is 62.3 Å². The van der Waals surface area contributed by atoms with Gasteiger partial charge in [-0.25, -0.2) is 19.5 Å². The molecule has 0 radical (unpaired) electrons. The molecule has 0 saturated heterocycles. The van der Waals surface area contributed by atoms with Gasteiger partial charge in [0.15, 0.2) is 0 Å². The van der Waals surface area contributed by atoms with Gasteiger partial charge in [-0.3, -0.25) is 4.40 Å². The zero-order valence-corrected chi connectivity index (χ0v) is 30.0. The molecule has 0 aliphatic carbocycles. The molecule has 0 saturated carbocycles. The van der Waals surface area contributed by atoms with Crippen LogP contribution >= 0.6 is 11.8 Å². The molecule has 1 aliphatic rings. The Kier molecular flexibility index (Phi) is 5.54. The third-order valence-corrected chi connectivity index (χ3v) is 19.0. The first-order valence-corrected chi connectivity index (χ1v) is 21.6. The highest BCUT2D eigenvalue weighted by Crippen LogP contribution is 2.33. The van der Waals surface area contributed by atoms with Gasteiger partial charge < -0.3 is 0 Å². The summed E-state index contributed by atoms with van der Waals surface area (Å²) in [6.07, 6.45) is 1.79.